The summed E-state index contributed by atoms with van der Waals surface area (Å²) in [5.41, 5.74) is 2.99. The summed E-state index contributed by atoms with van der Waals surface area (Å²) in [6.45, 7) is 1.52. The number of sulfonamides is 1. The highest BCUT2D eigenvalue weighted by molar-refractivity contribution is 9.10. The summed E-state index contributed by atoms with van der Waals surface area (Å²) in [6, 6.07) is 29.8. The van der Waals surface area contributed by atoms with E-state index in [1.807, 2.05) is 61.5 Å². The largest absolute Gasteiger partial charge is 0.352 e. The van der Waals surface area contributed by atoms with Crippen molar-refractivity contribution in [2.75, 3.05) is 10.8 Å². The van der Waals surface area contributed by atoms with E-state index in [1.165, 1.54) is 0 Å². The Hall–Kier alpha value is -3.47. The molecule has 1 fully saturated rings. The smallest absolute Gasteiger partial charge is 0.264 e. The normalized spacial score (nSPS) is 14.3. The second-order valence-electron chi connectivity index (χ2n) is 12.0. The number of anilines is 1. The Labute approximate surface area is 294 Å². The molecule has 0 aliphatic heterocycles. The van der Waals surface area contributed by atoms with Crippen LogP contribution in [0.15, 0.2) is 117 Å². The lowest BCUT2D eigenvalue weighted by Gasteiger charge is -2.35. The molecule has 1 aliphatic rings. The summed E-state index contributed by atoms with van der Waals surface area (Å²) in [6.07, 6.45) is 5.33. The van der Waals surface area contributed by atoms with E-state index in [1.54, 1.807) is 53.4 Å². The Morgan fingerprint density at radius 2 is 1.38 bits per heavy atom. The van der Waals surface area contributed by atoms with Gasteiger partial charge in [-0.2, -0.15) is 0 Å². The van der Waals surface area contributed by atoms with Gasteiger partial charge in [-0.15, -0.1) is 0 Å². The summed E-state index contributed by atoms with van der Waals surface area (Å²) < 4.78 is 31.2. The third kappa shape index (κ3) is 9.33. The van der Waals surface area contributed by atoms with E-state index in [2.05, 4.69) is 37.2 Å². The Morgan fingerprint density at radius 1 is 0.787 bits per heavy atom. The fourth-order valence-electron chi connectivity index (χ4n) is 5.86. The first-order chi connectivity index (χ1) is 22.6. The molecule has 7 nitrogen and oxygen atoms in total. The van der Waals surface area contributed by atoms with Gasteiger partial charge in [0.15, 0.2) is 0 Å². The zero-order chi connectivity index (χ0) is 33.4. The number of amides is 2. The van der Waals surface area contributed by atoms with E-state index < -0.39 is 28.5 Å². The number of carbonyl (C=O) groups is 2. The molecular formula is C37H39Br2N3O4S. The number of aryl methyl sites for hydroxylation is 1. The third-order valence-corrected chi connectivity index (χ3v) is 11.3. The van der Waals surface area contributed by atoms with Gasteiger partial charge in [-0.25, -0.2) is 8.42 Å². The van der Waals surface area contributed by atoms with Crippen molar-refractivity contribution in [3.8, 4) is 0 Å². The van der Waals surface area contributed by atoms with Gasteiger partial charge in [0.2, 0.25) is 11.8 Å². The lowest BCUT2D eigenvalue weighted by Crippen LogP contribution is -2.55. The van der Waals surface area contributed by atoms with Gasteiger partial charge >= 0.3 is 0 Å². The fourth-order valence-corrected chi connectivity index (χ4v) is 7.80. The first-order valence-corrected chi connectivity index (χ1v) is 18.9. The molecule has 246 valence electrons. The van der Waals surface area contributed by atoms with Crippen LogP contribution in [0.4, 0.5) is 5.69 Å². The van der Waals surface area contributed by atoms with Crippen LogP contribution in [0.2, 0.25) is 0 Å². The van der Waals surface area contributed by atoms with Crippen LogP contribution in [0.3, 0.4) is 0 Å². The maximum atomic E-state index is 14.6. The van der Waals surface area contributed by atoms with Crippen LogP contribution >= 0.6 is 31.9 Å². The molecule has 0 radical (unpaired) electrons. The van der Waals surface area contributed by atoms with Crippen molar-refractivity contribution >= 4 is 59.4 Å². The minimum absolute atomic E-state index is 0.0420. The second-order valence-corrected chi connectivity index (χ2v) is 15.7. The molecule has 1 saturated carbocycles. The Bertz CT molecular complexity index is 1740. The molecular weight excluding hydrogens is 742 g/mol. The van der Waals surface area contributed by atoms with Crippen LogP contribution < -0.4 is 9.62 Å². The maximum absolute atomic E-state index is 14.6. The quantitative estimate of drug-likeness (QED) is 0.159. The van der Waals surface area contributed by atoms with Crippen molar-refractivity contribution < 1.29 is 18.0 Å². The third-order valence-electron chi connectivity index (χ3n) is 8.49. The molecule has 0 unspecified atom stereocenters. The number of hydrogen-bond donors (Lipinski definition) is 1. The van der Waals surface area contributed by atoms with E-state index >= 15 is 0 Å². The number of halogens is 2. The Morgan fingerprint density at radius 3 is 2.00 bits per heavy atom. The molecule has 0 saturated heterocycles. The molecule has 0 spiro atoms. The van der Waals surface area contributed by atoms with E-state index in [4.69, 9.17) is 0 Å². The van der Waals surface area contributed by atoms with Crippen molar-refractivity contribution in [2.24, 2.45) is 0 Å². The summed E-state index contributed by atoms with van der Waals surface area (Å²) in [5.74, 6) is -0.714. The van der Waals surface area contributed by atoms with Crippen LogP contribution in [0.25, 0.3) is 0 Å². The molecule has 47 heavy (non-hydrogen) atoms. The Kier molecular flexibility index (Phi) is 11.9. The molecule has 5 rings (SSSR count). The number of hydrogen-bond acceptors (Lipinski definition) is 4. The topological polar surface area (TPSA) is 86.8 Å². The molecule has 4 aromatic rings. The van der Waals surface area contributed by atoms with E-state index in [0.29, 0.717) is 5.69 Å². The SMILES string of the molecule is Cc1ccc(S(=O)(=O)N(CC(=O)N(Cc2ccc(Br)cc2)[C@@H](Cc2ccccc2)C(=O)NC2CCCCC2)c2ccc(Br)cc2)cc1. The number of nitrogens with one attached hydrogen (secondary N) is 1. The van der Waals surface area contributed by atoms with Crippen LogP contribution in [0, 0.1) is 6.92 Å². The van der Waals surface area contributed by atoms with E-state index in [0.717, 1.165) is 62.0 Å². The van der Waals surface area contributed by atoms with Gasteiger partial charge in [0.05, 0.1) is 10.6 Å². The van der Waals surface area contributed by atoms with Crippen LogP contribution in [0.5, 0.6) is 0 Å². The highest BCUT2D eigenvalue weighted by Crippen LogP contribution is 2.27. The molecule has 1 aliphatic carbocycles. The van der Waals surface area contributed by atoms with Crippen molar-refractivity contribution in [1.29, 1.82) is 0 Å². The van der Waals surface area contributed by atoms with Crippen molar-refractivity contribution in [3.05, 3.63) is 129 Å². The van der Waals surface area contributed by atoms with Gasteiger partial charge in [-0.05, 0) is 79.4 Å². The lowest BCUT2D eigenvalue weighted by atomic mass is 9.94. The number of benzene rings is 4. The molecule has 0 heterocycles. The van der Waals surface area contributed by atoms with Crippen molar-refractivity contribution in [1.82, 2.24) is 10.2 Å². The molecule has 1 atom stereocenters. The van der Waals surface area contributed by atoms with Gasteiger partial charge < -0.3 is 10.2 Å². The number of carbonyl (C=O) groups excluding carboxylic acids is 2. The predicted octanol–water partition coefficient (Wildman–Crippen LogP) is 7.80. The van der Waals surface area contributed by atoms with Crippen LogP contribution in [-0.4, -0.2) is 43.8 Å². The van der Waals surface area contributed by atoms with Gasteiger partial charge in [0.25, 0.3) is 10.0 Å². The predicted molar refractivity (Wildman–Crippen MR) is 193 cm³/mol. The minimum atomic E-state index is -4.15. The maximum Gasteiger partial charge on any atom is 0.264 e. The number of rotatable bonds is 12. The summed E-state index contributed by atoms with van der Waals surface area (Å²) in [4.78, 5) is 30.5. The van der Waals surface area contributed by atoms with Gasteiger partial charge in [-0.1, -0.05) is 111 Å². The molecule has 0 bridgehead atoms. The molecule has 4 aromatic carbocycles. The molecule has 10 heteroatoms. The monoisotopic (exact) mass is 779 g/mol. The lowest BCUT2D eigenvalue weighted by molar-refractivity contribution is -0.140. The van der Waals surface area contributed by atoms with E-state index in [-0.39, 0.29) is 29.8 Å². The molecule has 1 N–H and O–H groups in total. The minimum Gasteiger partial charge on any atom is -0.352 e. The van der Waals surface area contributed by atoms with Crippen LogP contribution in [0.1, 0.15) is 48.8 Å². The van der Waals surface area contributed by atoms with Crippen molar-refractivity contribution in [3.63, 3.8) is 0 Å². The van der Waals surface area contributed by atoms with Gasteiger partial charge in [0.1, 0.15) is 12.6 Å². The highest BCUT2D eigenvalue weighted by atomic mass is 79.9. The molecule has 0 aromatic heterocycles. The first kappa shape index (κ1) is 34.9. The fraction of sp³-hybridized carbons (Fsp3) is 0.297. The Balaban J connectivity index is 1.55. The highest BCUT2D eigenvalue weighted by Gasteiger charge is 2.35. The second kappa shape index (κ2) is 16.1. The molecule has 2 amide bonds. The van der Waals surface area contributed by atoms with Crippen molar-refractivity contribution in [2.45, 2.75) is 69.0 Å². The van der Waals surface area contributed by atoms with Gasteiger partial charge in [-0.3, -0.25) is 13.9 Å². The average molecular weight is 782 g/mol. The zero-order valence-electron chi connectivity index (χ0n) is 26.3. The summed E-state index contributed by atoms with van der Waals surface area (Å²) in [5, 5.41) is 3.24. The summed E-state index contributed by atoms with van der Waals surface area (Å²) >= 11 is 6.91. The van der Waals surface area contributed by atoms with Crippen LogP contribution in [-0.2, 0) is 32.6 Å². The summed E-state index contributed by atoms with van der Waals surface area (Å²) in [7, 11) is -4.15. The number of nitrogens with zero attached hydrogens (tertiary/aromatic N) is 2. The zero-order valence-corrected chi connectivity index (χ0v) is 30.3. The first-order valence-electron chi connectivity index (χ1n) is 15.8. The van der Waals surface area contributed by atoms with E-state index in [9.17, 15) is 18.0 Å². The van der Waals surface area contributed by atoms with Gasteiger partial charge in [0, 0.05) is 28.0 Å². The average Bonchev–Trinajstić information content (AvgIpc) is 3.07. The standard InChI is InChI=1S/C37H39Br2N3O4S/c1-27-12-22-34(23-13-27)47(45,46)42(33-20-18-31(39)19-21-33)26-36(43)41(25-29-14-16-30(38)17-15-29)35(24-28-8-4-2-5-9-28)37(44)40-32-10-6-3-7-11-32/h2,4-5,8-9,12-23,32,35H,3,6-7,10-11,24-26H2,1H3,(H,40,44)/t35-/m0/s1.